The van der Waals surface area contributed by atoms with Crippen LogP contribution in [0.1, 0.15) is 18.2 Å². The normalized spacial score (nSPS) is 11.3. The first-order valence-corrected chi connectivity index (χ1v) is 10.9. The second-order valence-corrected chi connectivity index (χ2v) is 8.10. The number of halogens is 1. The Morgan fingerprint density at radius 1 is 1.25 bits per heavy atom. The van der Waals surface area contributed by atoms with Gasteiger partial charge in [0.25, 0.3) is 5.56 Å². The maximum absolute atomic E-state index is 12.5. The third-order valence-electron chi connectivity index (χ3n) is 4.56. The molecule has 0 aliphatic rings. The molecular formula is C23H19ClN2O5S. The highest BCUT2D eigenvalue weighted by Crippen LogP contribution is 2.36. The van der Waals surface area contributed by atoms with E-state index in [0.29, 0.717) is 39.3 Å². The summed E-state index contributed by atoms with van der Waals surface area (Å²) < 4.78 is 18.5. The lowest BCUT2D eigenvalue weighted by Crippen LogP contribution is -2.14. The minimum atomic E-state index is -0.577. The molecule has 0 N–H and O–H groups in total. The fourth-order valence-electron chi connectivity index (χ4n) is 3.18. The molecule has 4 aromatic rings. The van der Waals surface area contributed by atoms with Crippen molar-refractivity contribution in [2.45, 2.75) is 13.5 Å². The fraction of sp³-hybridized carbons (Fsp3) is 0.174. The number of aromatic nitrogens is 2. The summed E-state index contributed by atoms with van der Waals surface area (Å²) in [6.07, 6.45) is 2.83. The molecule has 2 heterocycles. The summed E-state index contributed by atoms with van der Waals surface area (Å²) >= 11 is 7.65. The summed E-state index contributed by atoms with van der Waals surface area (Å²) in [5, 5.41) is 0.375. The van der Waals surface area contributed by atoms with Crippen LogP contribution in [-0.4, -0.2) is 29.1 Å². The average molecular weight is 471 g/mol. The Kier molecular flexibility index (Phi) is 6.43. The summed E-state index contributed by atoms with van der Waals surface area (Å²) in [4.78, 5) is 29.7. The van der Waals surface area contributed by atoms with E-state index in [4.69, 9.17) is 25.8 Å². The molecule has 4 rings (SSSR count). The van der Waals surface area contributed by atoms with Crippen LogP contribution in [0.15, 0.2) is 53.3 Å². The third kappa shape index (κ3) is 4.46. The van der Waals surface area contributed by atoms with Crippen molar-refractivity contribution in [1.82, 2.24) is 9.38 Å². The highest BCUT2D eigenvalue weighted by Gasteiger charge is 2.12. The molecule has 0 bridgehead atoms. The molecule has 0 amide bonds. The van der Waals surface area contributed by atoms with Gasteiger partial charge in [-0.2, -0.15) is 0 Å². The van der Waals surface area contributed by atoms with Crippen LogP contribution in [0.4, 0.5) is 0 Å². The number of benzene rings is 2. The summed E-state index contributed by atoms with van der Waals surface area (Å²) in [6, 6.07) is 12.3. The van der Waals surface area contributed by atoms with Gasteiger partial charge in [-0.05, 0) is 42.8 Å². The molecular weight excluding hydrogens is 452 g/mol. The molecule has 0 saturated carbocycles. The number of nitrogens with zero attached hydrogens (tertiary/aromatic N) is 2. The van der Waals surface area contributed by atoms with Crippen molar-refractivity contribution in [3.05, 3.63) is 75.2 Å². The second kappa shape index (κ2) is 9.42. The zero-order chi connectivity index (χ0) is 22.7. The monoisotopic (exact) mass is 470 g/mol. The van der Waals surface area contributed by atoms with Gasteiger partial charge in [0.2, 0.25) is 0 Å². The molecule has 2 aromatic heterocycles. The number of carbonyl (C=O) groups is 1. The number of para-hydroxylation sites is 1. The minimum absolute atomic E-state index is 0.115. The van der Waals surface area contributed by atoms with Crippen molar-refractivity contribution in [1.29, 1.82) is 0 Å². The van der Waals surface area contributed by atoms with E-state index in [1.807, 2.05) is 31.2 Å². The zero-order valence-electron chi connectivity index (χ0n) is 17.3. The number of rotatable bonds is 7. The standard InChI is InChI=1S/C23H19ClN2O5S/c1-3-30-22-16(24)10-14(11-18(22)29-2)8-9-21(28)31-13-15-12-20(27)26-17-6-4-5-7-19(17)32-23(26)25-15/h4-12H,3,13H2,1-2H3/b9-8+. The molecule has 0 aliphatic heterocycles. The number of carbonyl (C=O) groups excluding carboxylic acids is 1. The molecule has 0 atom stereocenters. The van der Waals surface area contributed by atoms with Crippen LogP contribution in [0.2, 0.25) is 5.02 Å². The van der Waals surface area contributed by atoms with Crippen molar-refractivity contribution < 1.29 is 19.0 Å². The van der Waals surface area contributed by atoms with Crippen molar-refractivity contribution >= 4 is 50.2 Å². The molecule has 164 valence electrons. The predicted molar refractivity (Wildman–Crippen MR) is 125 cm³/mol. The molecule has 0 spiro atoms. The van der Waals surface area contributed by atoms with E-state index in [9.17, 15) is 9.59 Å². The maximum atomic E-state index is 12.5. The quantitative estimate of drug-likeness (QED) is 0.287. The smallest absolute Gasteiger partial charge is 0.331 e. The van der Waals surface area contributed by atoms with Gasteiger partial charge in [0.1, 0.15) is 6.61 Å². The van der Waals surface area contributed by atoms with Gasteiger partial charge in [-0.1, -0.05) is 35.1 Å². The Balaban J connectivity index is 1.48. The van der Waals surface area contributed by atoms with Crippen molar-refractivity contribution in [3.8, 4) is 11.5 Å². The van der Waals surface area contributed by atoms with E-state index in [0.717, 1.165) is 10.2 Å². The molecule has 0 unspecified atom stereocenters. The Bertz CT molecular complexity index is 1390. The molecule has 0 radical (unpaired) electrons. The number of ether oxygens (including phenoxy) is 3. The molecule has 0 aliphatic carbocycles. The summed E-state index contributed by atoms with van der Waals surface area (Å²) in [5.74, 6) is 0.339. The van der Waals surface area contributed by atoms with E-state index in [-0.39, 0.29) is 12.2 Å². The van der Waals surface area contributed by atoms with Crippen molar-refractivity contribution in [3.63, 3.8) is 0 Å². The van der Waals surface area contributed by atoms with Crippen LogP contribution in [-0.2, 0) is 16.1 Å². The average Bonchev–Trinajstić information content (AvgIpc) is 3.16. The molecule has 7 nitrogen and oxygen atoms in total. The molecule has 9 heteroatoms. The lowest BCUT2D eigenvalue weighted by atomic mass is 10.2. The summed E-state index contributed by atoms with van der Waals surface area (Å²) in [6.45, 7) is 2.18. The number of hydrogen-bond donors (Lipinski definition) is 0. The van der Waals surface area contributed by atoms with Crippen LogP contribution in [0.5, 0.6) is 11.5 Å². The van der Waals surface area contributed by atoms with Crippen LogP contribution in [0.3, 0.4) is 0 Å². The SMILES string of the molecule is CCOc1c(Cl)cc(/C=C/C(=O)OCc2cc(=O)n3c(n2)sc2ccccc23)cc1OC. The summed E-state index contributed by atoms with van der Waals surface area (Å²) in [7, 11) is 1.51. The first-order chi connectivity index (χ1) is 15.5. The highest BCUT2D eigenvalue weighted by atomic mass is 35.5. The van der Waals surface area contributed by atoms with Crippen LogP contribution < -0.4 is 15.0 Å². The zero-order valence-corrected chi connectivity index (χ0v) is 18.9. The number of methoxy groups -OCH3 is 1. The Morgan fingerprint density at radius 3 is 2.84 bits per heavy atom. The first-order valence-electron chi connectivity index (χ1n) is 9.75. The van der Waals surface area contributed by atoms with Gasteiger partial charge in [-0.3, -0.25) is 9.20 Å². The number of fused-ring (bicyclic) bond motifs is 3. The Morgan fingerprint density at radius 2 is 2.06 bits per heavy atom. The molecule has 32 heavy (non-hydrogen) atoms. The van der Waals surface area contributed by atoms with Gasteiger partial charge >= 0.3 is 5.97 Å². The number of thiazole rings is 1. The lowest BCUT2D eigenvalue weighted by molar-refractivity contribution is -0.139. The van der Waals surface area contributed by atoms with Crippen molar-refractivity contribution in [2.24, 2.45) is 0 Å². The van der Waals surface area contributed by atoms with E-state index in [1.165, 1.54) is 30.6 Å². The van der Waals surface area contributed by atoms with Gasteiger partial charge in [0.05, 0.1) is 34.6 Å². The van der Waals surface area contributed by atoms with Crippen LogP contribution in [0.25, 0.3) is 21.3 Å². The van der Waals surface area contributed by atoms with Crippen LogP contribution in [0, 0.1) is 0 Å². The number of hydrogen-bond acceptors (Lipinski definition) is 7. The highest BCUT2D eigenvalue weighted by molar-refractivity contribution is 7.23. The fourth-order valence-corrected chi connectivity index (χ4v) is 4.50. The lowest BCUT2D eigenvalue weighted by Gasteiger charge is -2.11. The largest absolute Gasteiger partial charge is 0.493 e. The van der Waals surface area contributed by atoms with Crippen LogP contribution >= 0.6 is 22.9 Å². The number of esters is 1. The van der Waals surface area contributed by atoms with E-state index >= 15 is 0 Å². The Hall–Kier alpha value is -3.36. The van der Waals surface area contributed by atoms with Gasteiger partial charge in [0, 0.05) is 12.1 Å². The van der Waals surface area contributed by atoms with E-state index < -0.39 is 5.97 Å². The maximum Gasteiger partial charge on any atom is 0.331 e. The minimum Gasteiger partial charge on any atom is -0.493 e. The van der Waals surface area contributed by atoms with Gasteiger partial charge < -0.3 is 14.2 Å². The van der Waals surface area contributed by atoms with Gasteiger partial charge in [0.15, 0.2) is 16.5 Å². The first kappa shape index (κ1) is 21.9. The van der Waals surface area contributed by atoms with Gasteiger partial charge in [-0.25, -0.2) is 9.78 Å². The topological polar surface area (TPSA) is 79.1 Å². The van der Waals surface area contributed by atoms with E-state index in [1.54, 1.807) is 22.6 Å². The molecule has 2 aromatic carbocycles. The molecule has 0 fully saturated rings. The molecule has 0 saturated heterocycles. The van der Waals surface area contributed by atoms with Crippen molar-refractivity contribution in [2.75, 3.05) is 13.7 Å². The second-order valence-electron chi connectivity index (χ2n) is 6.68. The summed E-state index contributed by atoms with van der Waals surface area (Å²) in [5.41, 5.74) is 1.62. The van der Waals surface area contributed by atoms with Gasteiger partial charge in [-0.15, -0.1) is 0 Å². The predicted octanol–water partition coefficient (Wildman–Crippen LogP) is 4.73. The van der Waals surface area contributed by atoms with E-state index in [2.05, 4.69) is 4.98 Å². The Labute approximate surface area is 192 Å². The third-order valence-corrected chi connectivity index (χ3v) is 5.87.